The highest BCUT2D eigenvalue weighted by Crippen LogP contribution is 2.43. The molecule has 0 rings (SSSR count). The summed E-state index contributed by atoms with van der Waals surface area (Å²) in [5.74, 6) is -2.03. The van der Waals surface area contributed by atoms with Gasteiger partial charge in [0.1, 0.15) is 19.3 Å². The first-order chi connectivity index (χ1) is 10.9. The highest BCUT2D eigenvalue weighted by atomic mass is 31.2. The molecule has 142 valence electrons. The normalized spacial score (nSPS) is 15.5. The van der Waals surface area contributed by atoms with Gasteiger partial charge in [0.2, 0.25) is 0 Å². The minimum absolute atomic E-state index is 0.00984. The van der Waals surface area contributed by atoms with Crippen molar-refractivity contribution in [3.05, 3.63) is 0 Å². The van der Waals surface area contributed by atoms with Crippen LogP contribution in [0.4, 0.5) is 0 Å². The molecule has 0 bridgehead atoms. The first-order valence-electron chi connectivity index (χ1n) is 7.37. The number of aliphatic carboxylic acids is 1. The molecule has 10 nitrogen and oxygen atoms in total. The van der Waals surface area contributed by atoms with Gasteiger partial charge >= 0.3 is 13.8 Å². The van der Waals surface area contributed by atoms with E-state index in [1.54, 1.807) is 0 Å². The zero-order valence-corrected chi connectivity index (χ0v) is 15.1. The SMILES string of the molecule is C[N+](C)(C)CCOP(=O)(O)OC[C@@H](CO)OC(=O)CCCC(=O)[O-]. The second kappa shape index (κ2) is 10.8. The Bertz CT molecular complexity index is 449. The molecule has 0 aliphatic carbocycles. The summed E-state index contributed by atoms with van der Waals surface area (Å²) in [4.78, 5) is 31.2. The molecule has 0 spiro atoms. The van der Waals surface area contributed by atoms with Crippen LogP contribution in [0.2, 0.25) is 0 Å². The van der Waals surface area contributed by atoms with E-state index in [-0.39, 0.29) is 25.9 Å². The average Bonchev–Trinajstić information content (AvgIpc) is 2.41. The van der Waals surface area contributed by atoms with Crippen molar-refractivity contribution >= 4 is 19.8 Å². The van der Waals surface area contributed by atoms with E-state index >= 15 is 0 Å². The Morgan fingerprint density at radius 2 is 1.83 bits per heavy atom. The van der Waals surface area contributed by atoms with Crippen molar-refractivity contribution < 1.29 is 47.5 Å². The number of aliphatic hydroxyl groups is 1. The maximum atomic E-state index is 11.7. The van der Waals surface area contributed by atoms with Crippen molar-refractivity contribution in [2.45, 2.75) is 25.4 Å². The number of hydrogen-bond acceptors (Lipinski definition) is 8. The molecule has 0 saturated carbocycles. The minimum Gasteiger partial charge on any atom is -0.550 e. The zero-order chi connectivity index (χ0) is 18.8. The van der Waals surface area contributed by atoms with Gasteiger partial charge in [-0.25, -0.2) is 4.57 Å². The summed E-state index contributed by atoms with van der Waals surface area (Å²) in [7, 11) is 1.33. The summed E-state index contributed by atoms with van der Waals surface area (Å²) >= 11 is 0. The number of phosphoric acid groups is 1. The van der Waals surface area contributed by atoms with Crippen molar-refractivity contribution in [3.63, 3.8) is 0 Å². The van der Waals surface area contributed by atoms with Gasteiger partial charge in [0.15, 0.2) is 0 Å². The third-order valence-electron chi connectivity index (χ3n) is 2.70. The Hall–Kier alpha value is -1.03. The molecule has 0 aromatic heterocycles. The molecule has 0 aromatic carbocycles. The highest BCUT2D eigenvalue weighted by Gasteiger charge is 2.25. The summed E-state index contributed by atoms with van der Waals surface area (Å²) in [6, 6.07) is 0. The molecular weight excluding hydrogens is 345 g/mol. The Morgan fingerprint density at radius 1 is 1.21 bits per heavy atom. The van der Waals surface area contributed by atoms with Crippen LogP contribution in [0.15, 0.2) is 0 Å². The van der Waals surface area contributed by atoms with E-state index in [9.17, 15) is 24.2 Å². The lowest BCUT2D eigenvalue weighted by atomic mass is 10.2. The minimum atomic E-state index is -4.32. The van der Waals surface area contributed by atoms with Crippen LogP contribution in [0.3, 0.4) is 0 Å². The Labute approximate surface area is 141 Å². The second-order valence-corrected chi connectivity index (χ2v) is 7.58. The van der Waals surface area contributed by atoms with Gasteiger partial charge in [0, 0.05) is 12.4 Å². The molecule has 0 aromatic rings. The van der Waals surface area contributed by atoms with E-state index in [1.807, 2.05) is 21.1 Å². The number of phosphoric ester groups is 1. The molecule has 0 aliphatic heterocycles. The molecular formula is C13H26NO9P. The third kappa shape index (κ3) is 13.4. The fourth-order valence-electron chi connectivity index (χ4n) is 1.39. The number of nitrogens with zero attached hydrogens (tertiary/aromatic N) is 1. The van der Waals surface area contributed by atoms with Gasteiger partial charge in [-0.15, -0.1) is 0 Å². The highest BCUT2D eigenvalue weighted by molar-refractivity contribution is 7.47. The van der Waals surface area contributed by atoms with Gasteiger partial charge < -0.3 is 29.1 Å². The number of aliphatic hydroxyl groups excluding tert-OH is 1. The zero-order valence-electron chi connectivity index (χ0n) is 14.2. The summed E-state index contributed by atoms with van der Waals surface area (Å²) in [5.41, 5.74) is 0. The fourth-order valence-corrected chi connectivity index (χ4v) is 2.13. The standard InChI is InChI=1S/C13H26NO9P/c1-14(2,3)7-8-21-24(19,20)22-10-11(9-15)23-13(18)6-4-5-12(16)17/h11,15H,4-10H2,1-3H3,(H-,16,17,19,20)/t11-/m1/s1. The van der Waals surface area contributed by atoms with Gasteiger partial charge in [0.05, 0.1) is 34.4 Å². The summed E-state index contributed by atoms with van der Waals surface area (Å²) in [6.07, 6.45) is -1.59. The molecule has 24 heavy (non-hydrogen) atoms. The maximum absolute atomic E-state index is 11.7. The smallest absolute Gasteiger partial charge is 0.472 e. The van der Waals surface area contributed by atoms with E-state index in [2.05, 4.69) is 4.52 Å². The number of carboxylic acid groups (broad SMARTS) is 1. The van der Waals surface area contributed by atoms with Crippen LogP contribution < -0.4 is 5.11 Å². The van der Waals surface area contributed by atoms with Crippen molar-refractivity contribution in [2.24, 2.45) is 0 Å². The summed E-state index contributed by atoms with van der Waals surface area (Å²) in [6.45, 7) is -0.680. The average molecular weight is 371 g/mol. The van der Waals surface area contributed by atoms with Crippen LogP contribution in [0.5, 0.6) is 0 Å². The van der Waals surface area contributed by atoms with Gasteiger partial charge in [-0.1, -0.05) is 0 Å². The lowest BCUT2D eigenvalue weighted by Gasteiger charge is -2.24. The molecule has 0 amide bonds. The maximum Gasteiger partial charge on any atom is 0.472 e. The van der Waals surface area contributed by atoms with Crippen LogP contribution in [0.1, 0.15) is 19.3 Å². The van der Waals surface area contributed by atoms with Crippen LogP contribution in [0.25, 0.3) is 0 Å². The lowest BCUT2D eigenvalue weighted by molar-refractivity contribution is -0.870. The second-order valence-electron chi connectivity index (χ2n) is 6.13. The number of carboxylic acids is 1. The lowest BCUT2D eigenvalue weighted by Crippen LogP contribution is -2.37. The van der Waals surface area contributed by atoms with Crippen molar-refractivity contribution in [3.8, 4) is 0 Å². The molecule has 0 heterocycles. The number of hydrogen-bond donors (Lipinski definition) is 2. The van der Waals surface area contributed by atoms with E-state index < -0.39 is 39.1 Å². The number of esters is 1. The number of quaternary nitrogens is 1. The van der Waals surface area contributed by atoms with E-state index in [4.69, 9.17) is 14.4 Å². The largest absolute Gasteiger partial charge is 0.550 e. The first-order valence-corrected chi connectivity index (χ1v) is 8.87. The van der Waals surface area contributed by atoms with E-state index in [0.29, 0.717) is 11.0 Å². The van der Waals surface area contributed by atoms with Crippen molar-refractivity contribution in [1.29, 1.82) is 0 Å². The number of carbonyl (C=O) groups is 2. The molecule has 2 N–H and O–H groups in total. The molecule has 1 unspecified atom stereocenters. The molecule has 0 fully saturated rings. The van der Waals surface area contributed by atoms with Crippen LogP contribution >= 0.6 is 7.82 Å². The molecule has 11 heteroatoms. The number of carbonyl (C=O) groups excluding carboxylic acids is 2. The Morgan fingerprint density at radius 3 is 2.33 bits per heavy atom. The Kier molecular flexibility index (Phi) is 10.3. The number of ether oxygens (including phenoxy) is 1. The molecule has 2 atom stereocenters. The monoisotopic (exact) mass is 371 g/mol. The van der Waals surface area contributed by atoms with Gasteiger partial charge in [-0.2, -0.15) is 0 Å². The summed E-state index contributed by atoms with van der Waals surface area (Å²) in [5, 5.41) is 19.3. The third-order valence-corrected chi connectivity index (χ3v) is 3.69. The predicted octanol–water partition coefficient (Wildman–Crippen LogP) is -1.35. The molecule has 0 aliphatic rings. The van der Waals surface area contributed by atoms with E-state index in [0.717, 1.165) is 0 Å². The van der Waals surface area contributed by atoms with Gasteiger partial charge in [-0.05, 0) is 12.8 Å². The molecule has 0 radical (unpaired) electrons. The fraction of sp³-hybridized carbons (Fsp3) is 0.846. The van der Waals surface area contributed by atoms with Gasteiger partial charge in [0.25, 0.3) is 0 Å². The van der Waals surface area contributed by atoms with Crippen molar-refractivity contribution in [2.75, 3.05) is 47.5 Å². The Balaban J connectivity index is 4.15. The number of likely N-dealkylation sites (N-methyl/N-ethyl adjacent to an activating group) is 1. The topological polar surface area (TPSA) is 142 Å². The first kappa shape index (κ1) is 23.0. The van der Waals surface area contributed by atoms with E-state index in [1.165, 1.54) is 0 Å². The van der Waals surface area contributed by atoms with Crippen molar-refractivity contribution in [1.82, 2.24) is 0 Å². The predicted molar refractivity (Wildman–Crippen MR) is 80.5 cm³/mol. The quantitative estimate of drug-likeness (QED) is 0.228. The number of rotatable bonds is 13. The van der Waals surface area contributed by atoms with Crippen LogP contribution in [-0.2, 0) is 27.9 Å². The molecule has 0 saturated heterocycles. The van der Waals surface area contributed by atoms with Crippen LogP contribution in [0, 0.1) is 0 Å². The summed E-state index contributed by atoms with van der Waals surface area (Å²) < 4.78 is 26.5. The van der Waals surface area contributed by atoms with Crippen LogP contribution in [-0.4, -0.2) is 80.0 Å². The van der Waals surface area contributed by atoms with Gasteiger partial charge in [-0.3, -0.25) is 13.8 Å².